The zero-order valence-corrected chi connectivity index (χ0v) is 12.5. The lowest BCUT2D eigenvalue weighted by atomic mass is 9.91. The zero-order valence-electron chi connectivity index (χ0n) is 12.5. The molecule has 2 unspecified atom stereocenters. The molecule has 0 radical (unpaired) electrons. The highest BCUT2D eigenvalue weighted by atomic mass is 16.5. The monoisotopic (exact) mass is 276 g/mol. The smallest absolute Gasteiger partial charge is 0.255 e. The summed E-state index contributed by atoms with van der Waals surface area (Å²) in [6.45, 7) is 6.84. The summed E-state index contributed by atoms with van der Waals surface area (Å²) in [5.41, 5.74) is 6.51. The number of ether oxygens (including phenoxy) is 1. The molecule has 2 atom stereocenters. The van der Waals surface area contributed by atoms with E-state index in [4.69, 9.17) is 10.5 Å². The van der Waals surface area contributed by atoms with E-state index in [9.17, 15) is 4.79 Å². The molecule has 2 rings (SSSR count). The number of anilines is 1. The van der Waals surface area contributed by atoms with Gasteiger partial charge in [-0.3, -0.25) is 4.79 Å². The molecule has 110 valence electrons. The molecule has 1 saturated carbocycles. The summed E-state index contributed by atoms with van der Waals surface area (Å²) in [5, 5.41) is 3.58. The summed E-state index contributed by atoms with van der Waals surface area (Å²) in [7, 11) is 0. The van der Waals surface area contributed by atoms with E-state index in [1.807, 2.05) is 24.3 Å². The van der Waals surface area contributed by atoms with Gasteiger partial charge in [0, 0.05) is 17.8 Å². The second-order valence-electron chi connectivity index (χ2n) is 6.58. The van der Waals surface area contributed by atoms with Gasteiger partial charge >= 0.3 is 0 Å². The molecule has 1 aliphatic carbocycles. The summed E-state index contributed by atoms with van der Waals surface area (Å²) >= 11 is 0. The Labute approximate surface area is 120 Å². The van der Waals surface area contributed by atoms with Crippen LogP contribution in [0.1, 0.15) is 33.6 Å². The highest BCUT2D eigenvalue weighted by Gasteiger charge is 2.36. The summed E-state index contributed by atoms with van der Waals surface area (Å²) < 4.78 is 5.33. The molecule has 1 amide bonds. The molecule has 0 spiro atoms. The van der Waals surface area contributed by atoms with Crippen molar-refractivity contribution in [1.82, 2.24) is 0 Å². The van der Waals surface area contributed by atoms with Gasteiger partial charge in [-0.15, -0.1) is 0 Å². The lowest BCUT2D eigenvalue weighted by Gasteiger charge is -2.20. The van der Waals surface area contributed by atoms with Crippen LogP contribution in [0, 0.1) is 11.3 Å². The van der Waals surface area contributed by atoms with Crippen molar-refractivity contribution < 1.29 is 9.53 Å². The zero-order chi connectivity index (χ0) is 14.8. The van der Waals surface area contributed by atoms with E-state index in [0.29, 0.717) is 23.1 Å². The second kappa shape index (κ2) is 5.73. The average molecular weight is 276 g/mol. The van der Waals surface area contributed by atoms with Crippen LogP contribution in [-0.2, 0) is 4.79 Å². The van der Waals surface area contributed by atoms with E-state index in [0.717, 1.165) is 5.69 Å². The summed E-state index contributed by atoms with van der Waals surface area (Å²) in [6.07, 6.45) is 2.41. The quantitative estimate of drug-likeness (QED) is 0.869. The van der Waals surface area contributed by atoms with E-state index in [2.05, 4.69) is 26.1 Å². The largest absolute Gasteiger partial charge is 0.484 e. The Kier molecular flexibility index (Phi) is 4.21. The topological polar surface area (TPSA) is 64.3 Å². The maximum atomic E-state index is 10.7. The van der Waals surface area contributed by atoms with Crippen LogP contribution in [0.4, 0.5) is 5.69 Å². The summed E-state index contributed by atoms with van der Waals surface area (Å²) in [6, 6.07) is 8.17. The molecule has 0 bridgehead atoms. The molecular weight excluding hydrogens is 252 g/mol. The van der Waals surface area contributed by atoms with Gasteiger partial charge in [-0.1, -0.05) is 26.8 Å². The number of nitrogens with one attached hydrogen (secondary N) is 1. The molecule has 1 fully saturated rings. The minimum atomic E-state index is -0.463. The van der Waals surface area contributed by atoms with Gasteiger partial charge in [0.15, 0.2) is 6.61 Å². The number of hydrogen-bond donors (Lipinski definition) is 2. The number of carbonyl (C=O) groups excluding carboxylic acids is 1. The normalized spacial score (nSPS) is 24.4. The van der Waals surface area contributed by atoms with Gasteiger partial charge in [-0.25, -0.2) is 0 Å². The van der Waals surface area contributed by atoms with Gasteiger partial charge in [-0.2, -0.15) is 0 Å². The lowest BCUT2D eigenvalue weighted by molar-refractivity contribution is -0.119. The molecule has 20 heavy (non-hydrogen) atoms. The number of nitrogens with two attached hydrogens (primary N) is 1. The van der Waals surface area contributed by atoms with Crippen LogP contribution in [0.3, 0.4) is 0 Å². The Balaban J connectivity index is 1.99. The van der Waals surface area contributed by atoms with Crippen LogP contribution in [0.5, 0.6) is 5.75 Å². The highest BCUT2D eigenvalue weighted by molar-refractivity contribution is 5.75. The molecule has 0 aliphatic heterocycles. The van der Waals surface area contributed by atoms with E-state index in [-0.39, 0.29) is 6.61 Å². The molecule has 0 heterocycles. The fraction of sp³-hybridized carbons (Fsp3) is 0.562. The second-order valence-corrected chi connectivity index (χ2v) is 6.58. The highest BCUT2D eigenvalue weighted by Crippen LogP contribution is 2.42. The van der Waals surface area contributed by atoms with Crippen molar-refractivity contribution in [3.05, 3.63) is 24.3 Å². The summed E-state index contributed by atoms with van der Waals surface area (Å²) in [4.78, 5) is 10.7. The number of benzene rings is 1. The lowest BCUT2D eigenvalue weighted by Crippen LogP contribution is -2.22. The first-order valence-corrected chi connectivity index (χ1v) is 7.13. The Bertz CT molecular complexity index is 485. The van der Waals surface area contributed by atoms with Gasteiger partial charge in [0.1, 0.15) is 5.75 Å². The van der Waals surface area contributed by atoms with E-state index < -0.39 is 5.91 Å². The third-order valence-electron chi connectivity index (χ3n) is 3.90. The fourth-order valence-corrected chi connectivity index (χ4v) is 3.13. The molecule has 1 aliphatic rings. The Morgan fingerprint density at radius 2 is 2.20 bits per heavy atom. The van der Waals surface area contributed by atoms with Crippen LogP contribution in [0.15, 0.2) is 24.3 Å². The third kappa shape index (κ3) is 3.89. The molecule has 0 saturated heterocycles. The molecule has 4 nitrogen and oxygen atoms in total. The molecule has 4 heteroatoms. The van der Waals surface area contributed by atoms with Gasteiger partial charge in [0.2, 0.25) is 0 Å². The number of carbonyl (C=O) groups is 1. The predicted octanol–water partition coefficient (Wildman–Crippen LogP) is 2.79. The van der Waals surface area contributed by atoms with Gasteiger partial charge in [0.25, 0.3) is 5.91 Å². The van der Waals surface area contributed by atoms with Crippen LogP contribution in [-0.4, -0.2) is 18.6 Å². The number of hydrogen-bond acceptors (Lipinski definition) is 3. The minimum Gasteiger partial charge on any atom is -0.484 e. The van der Waals surface area contributed by atoms with Crippen molar-refractivity contribution in [1.29, 1.82) is 0 Å². The first kappa shape index (κ1) is 14.7. The molecular formula is C16H24N2O2. The SMILES string of the molecule is CC1CC(C)(C)CC1Nc1cccc(OCC(N)=O)c1. The van der Waals surface area contributed by atoms with Crippen LogP contribution < -0.4 is 15.8 Å². The standard InChI is InChI=1S/C16H24N2O2/c1-11-8-16(2,3)9-14(11)18-12-5-4-6-13(7-12)20-10-15(17)19/h4-7,11,14,18H,8-10H2,1-3H3,(H2,17,19). The first-order chi connectivity index (χ1) is 9.35. The van der Waals surface area contributed by atoms with E-state index >= 15 is 0 Å². The summed E-state index contributed by atoms with van der Waals surface area (Å²) in [5.74, 6) is 0.855. The van der Waals surface area contributed by atoms with Crippen molar-refractivity contribution in [2.24, 2.45) is 17.1 Å². The molecule has 1 aromatic carbocycles. The van der Waals surface area contributed by atoms with E-state index in [1.54, 1.807) is 0 Å². The van der Waals surface area contributed by atoms with Gasteiger partial charge < -0.3 is 15.8 Å². The Morgan fingerprint density at radius 3 is 2.80 bits per heavy atom. The van der Waals surface area contributed by atoms with Crippen molar-refractivity contribution in [2.45, 2.75) is 39.7 Å². The average Bonchev–Trinajstić information content (AvgIpc) is 2.60. The maximum absolute atomic E-state index is 10.7. The molecule has 1 aromatic rings. The fourth-order valence-electron chi connectivity index (χ4n) is 3.13. The molecule has 3 N–H and O–H groups in total. The third-order valence-corrected chi connectivity index (χ3v) is 3.90. The van der Waals surface area contributed by atoms with Gasteiger partial charge in [0.05, 0.1) is 0 Å². The van der Waals surface area contributed by atoms with Crippen LogP contribution in [0.2, 0.25) is 0 Å². The number of primary amides is 1. The number of rotatable bonds is 5. The number of amides is 1. The first-order valence-electron chi connectivity index (χ1n) is 7.13. The molecule has 0 aromatic heterocycles. The van der Waals surface area contributed by atoms with Crippen LogP contribution >= 0.6 is 0 Å². The van der Waals surface area contributed by atoms with Crippen molar-refractivity contribution >= 4 is 11.6 Å². The predicted molar refractivity (Wildman–Crippen MR) is 80.7 cm³/mol. The minimum absolute atomic E-state index is 0.0870. The van der Waals surface area contributed by atoms with Crippen LogP contribution in [0.25, 0.3) is 0 Å². The van der Waals surface area contributed by atoms with Crippen molar-refractivity contribution in [3.63, 3.8) is 0 Å². The van der Waals surface area contributed by atoms with Crippen molar-refractivity contribution in [2.75, 3.05) is 11.9 Å². The van der Waals surface area contributed by atoms with Gasteiger partial charge in [-0.05, 0) is 36.3 Å². The van der Waals surface area contributed by atoms with E-state index in [1.165, 1.54) is 12.8 Å². The maximum Gasteiger partial charge on any atom is 0.255 e. The Hall–Kier alpha value is -1.71. The Morgan fingerprint density at radius 1 is 1.45 bits per heavy atom. The van der Waals surface area contributed by atoms with Crippen molar-refractivity contribution in [3.8, 4) is 5.75 Å².